The maximum Gasteiger partial charge on any atom is 0.337 e. The Hall–Kier alpha value is -2.71. The Kier molecular flexibility index (Phi) is 5.57. The van der Waals surface area contributed by atoms with Gasteiger partial charge in [0.25, 0.3) is 0 Å². The highest BCUT2D eigenvalue weighted by atomic mass is 35.5. The quantitative estimate of drug-likeness (QED) is 0.480. The number of hydrogen-bond acceptors (Lipinski definition) is 3. The van der Waals surface area contributed by atoms with Crippen molar-refractivity contribution < 1.29 is 14.3 Å². The van der Waals surface area contributed by atoms with Gasteiger partial charge in [0.15, 0.2) is 0 Å². The minimum Gasteiger partial charge on any atom is -0.478 e. The smallest absolute Gasteiger partial charge is 0.337 e. The molecule has 1 N–H and O–H groups in total. The second kappa shape index (κ2) is 7.89. The lowest BCUT2D eigenvalue weighted by Gasteiger charge is -2.03. The van der Waals surface area contributed by atoms with Crippen LogP contribution in [0.2, 0.25) is 15.1 Å². The molecular weight excluding hydrogens is 409 g/mol. The zero-order valence-electron chi connectivity index (χ0n) is 13.5. The van der Waals surface area contributed by atoms with Crippen LogP contribution in [0.1, 0.15) is 21.7 Å². The van der Waals surface area contributed by atoms with E-state index in [-0.39, 0.29) is 10.6 Å². The maximum absolute atomic E-state index is 11.0. The van der Waals surface area contributed by atoms with Crippen LogP contribution in [0.5, 0.6) is 0 Å². The van der Waals surface area contributed by atoms with Crippen LogP contribution in [-0.4, -0.2) is 11.1 Å². The van der Waals surface area contributed by atoms with Crippen LogP contribution < -0.4 is 0 Å². The zero-order valence-corrected chi connectivity index (χ0v) is 15.8. The topological polar surface area (TPSA) is 74.2 Å². The number of rotatable bonds is 4. The highest BCUT2D eigenvalue weighted by Gasteiger charge is 2.12. The van der Waals surface area contributed by atoms with E-state index in [1.165, 1.54) is 12.1 Å². The highest BCUT2D eigenvalue weighted by Crippen LogP contribution is 2.31. The average Bonchev–Trinajstić information content (AvgIpc) is 3.08. The Morgan fingerprint density at radius 3 is 2.33 bits per heavy atom. The summed E-state index contributed by atoms with van der Waals surface area (Å²) in [6.07, 6.45) is 1.56. The molecular formula is C20H10Cl3NO3. The molecule has 0 unspecified atom stereocenters. The number of halogens is 3. The van der Waals surface area contributed by atoms with Crippen molar-refractivity contribution in [2.24, 2.45) is 0 Å². The molecule has 0 aliphatic heterocycles. The first-order valence-corrected chi connectivity index (χ1v) is 8.72. The van der Waals surface area contributed by atoms with Gasteiger partial charge in [-0.05, 0) is 42.5 Å². The molecule has 2 aromatic carbocycles. The third-order valence-electron chi connectivity index (χ3n) is 3.74. The summed E-state index contributed by atoms with van der Waals surface area (Å²) in [4.78, 5) is 11.0. The van der Waals surface area contributed by atoms with Crippen LogP contribution in [0.25, 0.3) is 23.0 Å². The maximum atomic E-state index is 11.0. The number of nitrogens with zero attached hydrogens (tertiary/aromatic N) is 1. The fraction of sp³-hybridized carbons (Fsp3) is 0. The number of furan rings is 1. The van der Waals surface area contributed by atoms with E-state index in [9.17, 15) is 10.1 Å². The summed E-state index contributed by atoms with van der Waals surface area (Å²) in [6.45, 7) is 0. The summed E-state index contributed by atoms with van der Waals surface area (Å²) < 4.78 is 5.74. The fourth-order valence-electron chi connectivity index (χ4n) is 2.45. The Morgan fingerprint density at radius 2 is 1.70 bits per heavy atom. The van der Waals surface area contributed by atoms with Crippen molar-refractivity contribution in [2.75, 3.05) is 0 Å². The van der Waals surface area contributed by atoms with E-state index in [0.29, 0.717) is 38.3 Å². The number of benzene rings is 2. The molecule has 0 aliphatic rings. The van der Waals surface area contributed by atoms with E-state index in [0.717, 1.165) is 0 Å². The molecule has 7 heteroatoms. The normalized spacial score (nSPS) is 11.3. The molecule has 3 aromatic rings. The Balaban J connectivity index is 1.95. The van der Waals surface area contributed by atoms with Gasteiger partial charge in [0, 0.05) is 16.1 Å². The molecule has 27 heavy (non-hydrogen) atoms. The van der Waals surface area contributed by atoms with Gasteiger partial charge in [-0.15, -0.1) is 0 Å². The molecule has 0 aliphatic carbocycles. The number of hydrogen-bond donors (Lipinski definition) is 1. The predicted molar refractivity (Wildman–Crippen MR) is 106 cm³/mol. The van der Waals surface area contributed by atoms with Gasteiger partial charge in [0.1, 0.15) is 11.5 Å². The van der Waals surface area contributed by atoms with Crippen LogP contribution in [0.15, 0.2) is 52.9 Å². The van der Waals surface area contributed by atoms with Crippen molar-refractivity contribution >= 4 is 52.4 Å². The number of allylic oxidation sites excluding steroid dienone is 1. The van der Waals surface area contributed by atoms with Crippen LogP contribution >= 0.6 is 34.8 Å². The van der Waals surface area contributed by atoms with Crippen molar-refractivity contribution in [1.82, 2.24) is 0 Å². The van der Waals surface area contributed by atoms with Crippen LogP contribution in [0.4, 0.5) is 0 Å². The second-order valence-electron chi connectivity index (χ2n) is 5.50. The van der Waals surface area contributed by atoms with E-state index in [4.69, 9.17) is 44.3 Å². The molecule has 0 radical (unpaired) electrons. The average molecular weight is 419 g/mol. The van der Waals surface area contributed by atoms with Crippen LogP contribution in [-0.2, 0) is 0 Å². The Morgan fingerprint density at radius 1 is 1.00 bits per heavy atom. The summed E-state index contributed by atoms with van der Waals surface area (Å²) in [7, 11) is 0. The first-order valence-electron chi connectivity index (χ1n) is 7.59. The van der Waals surface area contributed by atoms with E-state index in [1.54, 1.807) is 42.5 Å². The van der Waals surface area contributed by atoms with Gasteiger partial charge in [-0.2, -0.15) is 5.26 Å². The molecule has 134 valence electrons. The van der Waals surface area contributed by atoms with Gasteiger partial charge in [-0.3, -0.25) is 0 Å². The SMILES string of the molecule is N#C/C(=C/c1ccc(-c2ccc(C(=O)O)c(Cl)c2)o1)c1ccc(Cl)cc1Cl. The van der Waals surface area contributed by atoms with Gasteiger partial charge >= 0.3 is 5.97 Å². The van der Waals surface area contributed by atoms with Gasteiger partial charge < -0.3 is 9.52 Å². The number of carboxylic acids is 1. The van der Waals surface area contributed by atoms with E-state index < -0.39 is 5.97 Å². The van der Waals surface area contributed by atoms with Gasteiger partial charge in [0.05, 0.1) is 27.3 Å². The molecule has 0 amide bonds. The first-order chi connectivity index (χ1) is 12.9. The minimum absolute atomic E-state index is 0.0104. The molecule has 0 fully saturated rings. The molecule has 0 saturated carbocycles. The molecule has 4 nitrogen and oxygen atoms in total. The molecule has 1 aromatic heterocycles. The van der Waals surface area contributed by atoms with Crippen molar-refractivity contribution in [1.29, 1.82) is 5.26 Å². The van der Waals surface area contributed by atoms with Crippen LogP contribution in [0.3, 0.4) is 0 Å². The summed E-state index contributed by atoms with van der Waals surface area (Å²) in [5, 5.41) is 19.4. The molecule has 0 atom stereocenters. The summed E-state index contributed by atoms with van der Waals surface area (Å²) >= 11 is 18.0. The number of nitriles is 1. The van der Waals surface area contributed by atoms with Crippen LogP contribution in [0, 0.1) is 11.3 Å². The lowest BCUT2D eigenvalue weighted by Crippen LogP contribution is -1.96. The largest absolute Gasteiger partial charge is 0.478 e. The molecule has 0 bridgehead atoms. The lowest BCUT2D eigenvalue weighted by atomic mass is 10.1. The number of carboxylic acid groups (broad SMARTS) is 1. The molecule has 0 saturated heterocycles. The minimum atomic E-state index is -1.10. The van der Waals surface area contributed by atoms with Crippen molar-refractivity contribution in [3.63, 3.8) is 0 Å². The fourth-order valence-corrected chi connectivity index (χ4v) is 3.22. The van der Waals surface area contributed by atoms with Gasteiger partial charge in [-0.1, -0.05) is 46.9 Å². The molecule has 1 heterocycles. The highest BCUT2D eigenvalue weighted by molar-refractivity contribution is 6.36. The Labute approximate surface area is 169 Å². The number of carbonyl (C=O) groups is 1. The van der Waals surface area contributed by atoms with Gasteiger partial charge in [0.2, 0.25) is 0 Å². The van der Waals surface area contributed by atoms with Gasteiger partial charge in [-0.25, -0.2) is 4.79 Å². The second-order valence-corrected chi connectivity index (χ2v) is 6.75. The summed E-state index contributed by atoms with van der Waals surface area (Å²) in [5.41, 5.74) is 1.48. The number of aromatic carboxylic acids is 1. The molecule has 3 rings (SSSR count). The Bertz CT molecular complexity index is 1110. The third kappa shape index (κ3) is 4.17. The zero-order chi connectivity index (χ0) is 19.6. The van der Waals surface area contributed by atoms with Crippen molar-refractivity contribution in [2.45, 2.75) is 0 Å². The van der Waals surface area contributed by atoms with E-state index in [1.807, 2.05) is 0 Å². The molecule has 0 spiro atoms. The standard InChI is InChI=1S/C20H10Cl3NO3/c21-13-2-5-15(18(23)9-13)12(10-24)7-14-3-6-19(27-14)11-1-4-16(20(25)26)17(22)8-11/h1-9H,(H,25,26)/b12-7-. The summed E-state index contributed by atoms with van der Waals surface area (Å²) in [5.74, 6) is -0.182. The lowest BCUT2D eigenvalue weighted by molar-refractivity contribution is 0.0697. The third-order valence-corrected chi connectivity index (χ3v) is 4.60. The monoisotopic (exact) mass is 417 g/mol. The van der Waals surface area contributed by atoms with Crippen molar-refractivity contribution in [3.8, 4) is 17.4 Å². The van der Waals surface area contributed by atoms with E-state index >= 15 is 0 Å². The predicted octanol–water partition coefficient (Wildman–Crippen LogP) is 6.67. The summed E-state index contributed by atoms with van der Waals surface area (Å²) in [6, 6.07) is 14.9. The van der Waals surface area contributed by atoms with E-state index in [2.05, 4.69) is 6.07 Å². The van der Waals surface area contributed by atoms with Crippen molar-refractivity contribution in [3.05, 3.63) is 80.5 Å². The first kappa shape index (κ1) is 19.1.